The minimum absolute atomic E-state index is 0.0656. The Hall–Kier alpha value is -1.44. The van der Waals surface area contributed by atoms with Gasteiger partial charge in [-0.3, -0.25) is 15.0 Å². The van der Waals surface area contributed by atoms with Crippen molar-refractivity contribution in [2.45, 2.75) is 38.3 Å². The van der Waals surface area contributed by atoms with E-state index in [-0.39, 0.29) is 5.69 Å². The topological polar surface area (TPSA) is 74.5 Å². The summed E-state index contributed by atoms with van der Waals surface area (Å²) in [7, 11) is 0. The molecule has 0 spiro atoms. The summed E-state index contributed by atoms with van der Waals surface area (Å²) >= 11 is 6.25. The van der Waals surface area contributed by atoms with Crippen LogP contribution in [0.15, 0.2) is 12.3 Å². The lowest BCUT2D eigenvalue weighted by Crippen LogP contribution is -2.58. The molecule has 1 unspecified atom stereocenters. The molecule has 0 radical (unpaired) electrons. The number of halogens is 1. The molecule has 132 valence electrons. The summed E-state index contributed by atoms with van der Waals surface area (Å²) in [6.45, 7) is 7.11. The van der Waals surface area contributed by atoms with E-state index >= 15 is 0 Å². The summed E-state index contributed by atoms with van der Waals surface area (Å²) < 4.78 is 0. The van der Waals surface area contributed by atoms with Crippen LogP contribution in [-0.4, -0.2) is 59.6 Å². The smallest absolute Gasteiger partial charge is 0.289 e. The van der Waals surface area contributed by atoms with Crippen LogP contribution in [0, 0.1) is 10.1 Å². The summed E-state index contributed by atoms with van der Waals surface area (Å²) in [5.74, 6) is 0.658. The zero-order valence-electron chi connectivity index (χ0n) is 13.9. The number of nitrogens with zero attached hydrogens (tertiary/aromatic N) is 4. The predicted molar refractivity (Wildman–Crippen MR) is 94.8 cm³/mol. The van der Waals surface area contributed by atoms with Gasteiger partial charge in [-0.25, -0.2) is 4.98 Å². The van der Waals surface area contributed by atoms with Gasteiger partial charge in [0, 0.05) is 37.8 Å². The number of hydrogen-bond donors (Lipinski definition) is 1. The van der Waals surface area contributed by atoms with Crippen LogP contribution in [0.4, 0.5) is 11.5 Å². The Bertz CT molecular complexity index is 594. The first kappa shape index (κ1) is 17.4. The number of nitro groups is 1. The van der Waals surface area contributed by atoms with Gasteiger partial charge in [-0.05, 0) is 32.4 Å². The van der Waals surface area contributed by atoms with E-state index in [1.807, 2.05) is 0 Å². The summed E-state index contributed by atoms with van der Waals surface area (Å²) in [5.41, 5.74) is -0.0656. The van der Waals surface area contributed by atoms with Crippen LogP contribution in [0.5, 0.6) is 0 Å². The summed E-state index contributed by atoms with van der Waals surface area (Å²) in [6.07, 6.45) is 4.77. The van der Waals surface area contributed by atoms with Gasteiger partial charge in [-0.2, -0.15) is 0 Å². The predicted octanol–water partition coefficient (Wildman–Crippen LogP) is 2.30. The Balaban J connectivity index is 1.72. The first-order chi connectivity index (χ1) is 11.6. The van der Waals surface area contributed by atoms with Crippen molar-refractivity contribution in [3.63, 3.8) is 0 Å². The van der Waals surface area contributed by atoms with Crippen LogP contribution in [0.1, 0.15) is 26.2 Å². The highest BCUT2D eigenvalue weighted by atomic mass is 35.5. The average molecular weight is 354 g/mol. The number of rotatable bonds is 4. The van der Waals surface area contributed by atoms with Crippen LogP contribution < -0.4 is 10.2 Å². The fourth-order valence-corrected chi connectivity index (χ4v) is 4.08. The van der Waals surface area contributed by atoms with E-state index < -0.39 is 4.92 Å². The quantitative estimate of drug-likeness (QED) is 0.661. The van der Waals surface area contributed by atoms with Crippen LogP contribution in [-0.2, 0) is 0 Å². The molecule has 3 rings (SSSR count). The Morgan fingerprint density at radius 1 is 1.42 bits per heavy atom. The minimum Gasteiger partial charge on any atom is -0.353 e. The fraction of sp³-hybridized carbons (Fsp3) is 0.688. The molecule has 3 heterocycles. The highest BCUT2D eigenvalue weighted by Crippen LogP contribution is 2.30. The largest absolute Gasteiger partial charge is 0.353 e. The van der Waals surface area contributed by atoms with E-state index in [0.717, 1.165) is 39.1 Å². The van der Waals surface area contributed by atoms with Crippen molar-refractivity contribution in [3.8, 4) is 0 Å². The first-order valence-corrected chi connectivity index (χ1v) is 8.99. The molecule has 2 fully saturated rings. The molecule has 2 saturated heterocycles. The van der Waals surface area contributed by atoms with Crippen molar-refractivity contribution in [2.75, 3.05) is 37.6 Å². The number of anilines is 1. The van der Waals surface area contributed by atoms with Gasteiger partial charge in [-0.1, -0.05) is 18.5 Å². The number of hydrogen-bond acceptors (Lipinski definition) is 6. The first-order valence-electron chi connectivity index (χ1n) is 8.61. The Kier molecular flexibility index (Phi) is 5.53. The molecule has 0 amide bonds. The maximum Gasteiger partial charge on any atom is 0.289 e. The van der Waals surface area contributed by atoms with E-state index in [4.69, 9.17) is 11.6 Å². The zero-order chi connectivity index (χ0) is 17.1. The van der Waals surface area contributed by atoms with E-state index in [1.165, 1.54) is 25.1 Å². The maximum absolute atomic E-state index is 10.8. The van der Waals surface area contributed by atoms with Crippen molar-refractivity contribution in [1.82, 2.24) is 15.2 Å². The second-order valence-corrected chi connectivity index (χ2v) is 6.89. The molecule has 2 aliphatic heterocycles. The summed E-state index contributed by atoms with van der Waals surface area (Å²) in [5, 5.41) is 14.6. The minimum atomic E-state index is -0.466. The highest BCUT2D eigenvalue weighted by molar-refractivity contribution is 6.33. The van der Waals surface area contributed by atoms with Gasteiger partial charge in [0.25, 0.3) is 5.69 Å². The second kappa shape index (κ2) is 7.63. The Morgan fingerprint density at radius 2 is 2.17 bits per heavy atom. The Labute approximate surface area is 147 Å². The molecule has 24 heavy (non-hydrogen) atoms. The summed E-state index contributed by atoms with van der Waals surface area (Å²) in [4.78, 5) is 19.4. The molecular formula is C16H24ClN5O2. The molecule has 1 atom stereocenters. The van der Waals surface area contributed by atoms with Crippen molar-refractivity contribution in [3.05, 3.63) is 27.4 Å². The standard InChI is InChI=1S/C16H24ClN5O2/c1-2-12-11-20(7-8-21(12)13-3-5-18-6-4-13)16-15(17)9-14(10-19-16)22(23)24/h9-10,12-13,18H,2-8,11H2,1H3. The van der Waals surface area contributed by atoms with Gasteiger partial charge >= 0.3 is 0 Å². The van der Waals surface area contributed by atoms with E-state index in [1.54, 1.807) is 0 Å². The molecule has 8 heteroatoms. The Morgan fingerprint density at radius 3 is 2.79 bits per heavy atom. The van der Waals surface area contributed by atoms with Crippen molar-refractivity contribution >= 4 is 23.1 Å². The van der Waals surface area contributed by atoms with Crippen LogP contribution >= 0.6 is 11.6 Å². The lowest BCUT2D eigenvalue weighted by Gasteiger charge is -2.46. The number of pyridine rings is 1. The van der Waals surface area contributed by atoms with Crippen molar-refractivity contribution in [2.24, 2.45) is 0 Å². The molecular weight excluding hydrogens is 330 g/mol. The lowest BCUT2D eigenvalue weighted by atomic mass is 9.99. The normalized spacial score (nSPS) is 23.4. The molecule has 0 aliphatic carbocycles. The summed E-state index contributed by atoms with van der Waals surface area (Å²) in [6, 6.07) is 2.51. The number of piperazine rings is 1. The number of aromatic nitrogens is 1. The molecule has 0 saturated carbocycles. The number of piperidine rings is 1. The molecule has 0 bridgehead atoms. The SMILES string of the molecule is CCC1CN(c2ncc([N+](=O)[O-])cc2Cl)CCN1C1CCNCC1. The van der Waals surface area contributed by atoms with Gasteiger partial charge in [0.1, 0.15) is 12.0 Å². The van der Waals surface area contributed by atoms with Gasteiger partial charge in [-0.15, -0.1) is 0 Å². The molecule has 1 aromatic heterocycles. The lowest BCUT2D eigenvalue weighted by molar-refractivity contribution is -0.385. The van der Waals surface area contributed by atoms with Crippen LogP contribution in [0.2, 0.25) is 5.02 Å². The zero-order valence-corrected chi connectivity index (χ0v) is 14.7. The average Bonchev–Trinajstić information content (AvgIpc) is 2.61. The maximum atomic E-state index is 10.8. The van der Waals surface area contributed by atoms with Gasteiger partial charge in [0.2, 0.25) is 0 Å². The molecule has 1 N–H and O–H groups in total. The monoisotopic (exact) mass is 353 g/mol. The van der Waals surface area contributed by atoms with E-state index in [0.29, 0.717) is 22.9 Å². The molecule has 1 aromatic rings. The van der Waals surface area contributed by atoms with Gasteiger partial charge in [0.05, 0.1) is 9.95 Å². The third kappa shape index (κ3) is 3.63. The van der Waals surface area contributed by atoms with Crippen molar-refractivity contribution < 1.29 is 4.92 Å². The van der Waals surface area contributed by atoms with Crippen LogP contribution in [0.25, 0.3) is 0 Å². The molecule has 2 aliphatic rings. The molecule has 0 aromatic carbocycles. The van der Waals surface area contributed by atoms with E-state index in [9.17, 15) is 10.1 Å². The third-order valence-corrected chi connectivity index (χ3v) is 5.37. The third-order valence-electron chi connectivity index (χ3n) is 5.09. The number of nitrogens with one attached hydrogen (secondary N) is 1. The molecule has 7 nitrogen and oxygen atoms in total. The fourth-order valence-electron chi connectivity index (χ4n) is 3.80. The van der Waals surface area contributed by atoms with Gasteiger partial charge in [0.15, 0.2) is 0 Å². The van der Waals surface area contributed by atoms with Crippen LogP contribution in [0.3, 0.4) is 0 Å². The van der Waals surface area contributed by atoms with Crippen molar-refractivity contribution in [1.29, 1.82) is 0 Å². The van der Waals surface area contributed by atoms with E-state index in [2.05, 4.69) is 27.0 Å². The highest BCUT2D eigenvalue weighted by Gasteiger charge is 2.32. The van der Waals surface area contributed by atoms with Gasteiger partial charge < -0.3 is 10.2 Å². The second-order valence-electron chi connectivity index (χ2n) is 6.48.